The largest absolute Gasteiger partial charge is 0.381 e. The number of morpholine rings is 1. The first-order valence-corrected chi connectivity index (χ1v) is 6.86. The molecule has 0 aromatic rings. The first kappa shape index (κ1) is 13.3. The van der Waals surface area contributed by atoms with Crippen LogP contribution in [0.2, 0.25) is 0 Å². The fraction of sp³-hybridized carbons (Fsp3) is 1.00. The van der Waals surface area contributed by atoms with Gasteiger partial charge in [0.25, 0.3) is 0 Å². The van der Waals surface area contributed by atoms with E-state index in [1.54, 1.807) is 0 Å². The van der Waals surface area contributed by atoms with Crippen molar-refractivity contribution in [3.8, 4) is 0 Å². The van der Waals surface area contributed by atoms with Crippen LogP contribution < -0.4 is 5.32 Å². The van der Waals surface area contributed by atoms with E-state index in [2.05, 4.69) is 24.1 Å². The van der Waals surface area contributed by atoms with Crippen LogP contribution >= 0.6 is 0 Å². The lowest BCUT2D eigenvalue weighted by atomic mass is 9.86. The summed E-state index contributed by atoms with van der Waals surface area (Å²) in [6.45, 7) is 12.3. The highest BCUT2D eigenvalue weighted by Gasteiger charge is 2.37. The van der Waals surface area contributed by atoms with Crippen molar-refractivity contribution in [3.05, 3.63) is 0 Å². The van der Waals surface area contributed by atoms with Crippen molar-refractivity contribution in [1.29, 1.82) is 0 Å². The molecule has 2 fully saturated rings. The summed E-state index contributed by atoms with van der Waals surface area (Å²) in [5.41, 5.74) is 0.321. The molecule has 0 amide bonds. The molecule has 2 unspecified atom stereocenters. The van der Waals surface area contributed by atoms with E-state index in [4.69, 9.17) is 9.47 Å². The molecular formula is C13H26N2O2. The summed E-state index contributed by atoms with van der Waals surface area (Å²) in [7, 11) is 0. The highest BCUT2D eigenvalue weighted by Crippen LogP contribution is 2.30. The van der Waals surface area contributed by atoms with E-state index in [1.807, 2.05) is 0 Å². The minimum Gasteiger partial charge on any atom is -0.381 e. The molecule has 0 spiro atoms. The summed E-state index contributed by atoms with van der Waals surface area (Å²) < 4.78 is 11.1. The highest BCUT2D eigenvalue weighted by atomic mass is 16.5. The maximum Gasteiger partial charge on any atom is 0.0619 e. The maximum absolute atomic E-state index is 5.64. The van der Waals surface area contributed by atoms with Gasteiger partial charge in [0.15, 0.2) is 0 Å². The predicted molar refractivity (Wildman–Crippen MR) is 68.3 cm³/mol. The lowest BCUT2D eigenvalue weighted by molar-refractivity contribution is -0.0219. The Morgan fingerprint density at radius 2 is 2.24 bits per heavy atom. The summed E-state index contributed by atoms with van der Waals surface area (Å²) in [4.78, 5) is 2.56. The molecule has 2 saturated heterocycles. The van der Waals surface area contributed by atoms with Gasteiger partial charge in [-0.25, -0.2) is 0 Å². The lowest BCUT2D eigenvalue weighted by Crippen LogP contribution is -2.51. The third-order valence-corrected chi connectivity index (χ3v) is 3.98. The van der Waals surface area contributed by atoms with Crippen molar-refractivity contribution in [2.24, 2.45) is 5.41 Å². The van der Waals surface area contributed by atoms with Crippen LogP contribution in [0.5, 0.6) is 0 Å². The van der Waals surface area contributed by atoms with E-state index >= 15 is 0 Å². The van der Waals surface area contributed by atoms with E-state index < -0.39 is 0 Å². The van der Waals surface area contributed by atoms with Gasteiger partial charge in [-0.15, -0.1) is 0 Å². The Balaban J connectivity index is 1.91. The van der Waals surface area contributed by atoms with E-state index in [0.29, 0.717) is 11.5 Å². The number of nitrogens with one attached hydrogen (secondary N) is 1. The van der Waals surface area contributed by atoms with Crippen LogP contribution in [0.25, 0.3) is 0 Å². The van der Waals surface area contributed by atoms with Gasteiger partial charge < -0.3 is 14.8 Å². The molecule has 2 aliphatic rings. The monoisotopic (exact) mass is 242 g/mol. The molecule has 0 bridgehead atoms. The number of hydrogen-bond donors (Lipinski definition) is 1. The van der Waals surface area contributed by atoms with Gasteiger partial charge in [0.1, 0.15) is 0 Å². The topological polar surface area (TPSA) is 33.7 Å². The lowest BCUT2D eigenvalue weighted by Gasteiger charge is -2.40. The van der Waals surface area contributed by atoms with Gasteiger partial charge in [-0.1, -0.05) is 6.92 Å². The standard InChI is InChI=1S/C13H26N2O2/c1-3-14-9-13(4-6-17-11-13)10-15-5-7-16-8-12(15)2/h12,14H,3-11H2,1-2H3. The van der Waals surface area contributed by atoms with Crippen LogP contribution in [-0.2, 0) is 9.47 Å². The third-order valence-electron chi connectivity index (χ3n) is 3.98. The minimum atomic E-state index is 0.321. The molecule has 17 heavy (non-hydrogen) atoms. The zero-order valence-electron chi connectivity index (χ0n) is 11.2. The average Bonchev–Trinajstić information content (AvgIpc) is 2.79. The Bertz CT molecular complexity index is 229. The Morgan fingerprint density at radius 3 is 2.88 bits per heavy atom. The van der Waals surface area contributed by atoms with E-state index in [-0.39, 0.29) is 0 Å². The molecule has 0 aromatic carbocycles. The molecule has 2 heterocycles. The quantitative estimate of drug-likeness (QED) is 0.770. The first-order chi connectivity index (χ1) is 8.26. The molecule has 2 atom stereocenters. The summed E-state index contributed by atoms with van der Waals surface area (Å²) in [6, 6.07) is 0.544. The summed E-state index contributed by atoms with van der Waals surface area (Å²) in [5, 5.41) is 3.50. The molecule has 4 nitrogen and oxygen atoms in total. The van der Waals surface area contributed by atoms with Gasteiger partial charge in [-0.2, -0.15) is 0 Å². The van der Waals surface area contributed by atoms with Crippen LogP contribution in [0.15, 0.2) is 0 Å². The Labute approximate surface area is 105 Å². The van der Waals surface area contributed by atoms with E-state index in [0.717, 1.165) is 52.6 Å². The van der Waals surface area contributed by atoms with Gasteiger partial charge in [0.05, 0.1) is 19.8 Å². The average molecular weight is 242 g/mol. The van der Waals surface area contributed by atoms with Crippen LogP contribution in [-0.4, -0.2) is 63.5 Å². The number of hydrogen-bond acceptors (Lipinski definition) is 4. The zero-order chi connectivity index (χ0) is 12.1. The molecule has 2 aliphatic heterocycles. The number of rotatable bonds is 5. The third kappa shape index (κ3) is 3.41. The minimum absolute atomic E-state index is 0.321. The number of ether oxygens (including phenoxy) is 2. The van der Waals surface area contributed by atoms with Crippen molar-refractivity contribution in [1.82, 2.24) is 10.2 Å². The second-order valence-corrected chi connectivity index (χ2v) is 5.48. The van der Waals surface area contributed by atoms with Crippen molar-refractivity contribution in [2.45, 2.75) is 26.3 Å². The normalized spacial score (nSPS) is 35.3. The van der Waals surface area contributed by atoms with Gasteiger partial charge in [-0.3, -0.25) is 4.90 Å². The maximum atomic E-state index is 5.64. The van der Waals surface area contributed by atoms with Crippen molar-refractivity contribution in [2.75, 3.05) is 52.6 Å². The van der Waals surface area contributed by atoms with Crippen LogP contribution in [0, 0.1) is 5.41 Å². The molecular weight excluding hydrogens is 216 g/mol. The molecule has 100 valence electrons. The highest BCUT2D eigenvalue weighted by molar-refractivity contribution is 4.90. The van der Waals surface area contributed by atoms with E-state index in [1.165, 1.54) is 6.42 Å². The molecule has 1 N–H and O–H groups in total. The van der Waals surface area contributed by atoms with Gasteiger partial charge >= 0.3 is 0 Å². The fourth-order valence-corrected chi connectivity index (χ4v) is 2.79. The Hall–Kier alpha value is -0.160. The van der Waals surface area contributed by atoms with Gasteiger partial charge in [0, 0.05) is 37.7 Å². The Morgan fingerprint density at radius 1 is 1.35 bits per heavy atom. The molecule has 0 aliphatic carbocycles. The second-order valence-electron chi connectivity index (χ2n) is 5.48. The molecule has 0 saturated carbocycles. The SMILES string of the molecule is CCNCC1(CN2CCOCC2C)CCOC1. The molecule has 0 aromatic heterocycles. The molecule has 2 rings (SSSR count). The fourth-order valence-electron chi connectivity index (χ4n) is 2.79. The van der Waals surface area contributed by atoms with Crippen LogP contribution in [0.4, 0.5) is 0 Å². The smallest absolute Gasteiger partial charge is 0.0619 e. The first-order valence-electron chi connectivity index (χ1n) is 6.86. The van der Waals surface area contributed by atoms with Crippen molar-refractivity contribution >= 4 is 0 Å². The van der Waals surface area contributed by atoms with Crippen molar-refractivity contribution < 1.29 is 9.47 Å². The number of nitrogens with zero attached hydrogens (tertiary/aromatic N) is 1. The van der Waals surface area contributed by atoms with Gasteiger partial charge in [-0.05, 0) is 19.9 Å². The van der Waals surface area contributed by atoms with E-state index in [9.17, 15) is 0 Å². The summed E-state index contributed by atoms with van der Waals surface area (Å²) >= 11 is 0. The zero-order valence-corrected chi connectivity index (χ0v) is 11.2. The van der Waals surface area contributed by atoms with Crippen molar-refractivity contribution in [3.63, 3.8) is 0 Å². The van der Waals surface area contributed by atoms with Gasteiger partial charge in [0.2, 0.25) is 0 Å². The molecule has 0 radical (unpaired) electrons. The summed E-state index contributed by atoms with van der Waals surface area (Å²) in [5.74, 6) is 0. The second kappa shape index (κ2) is 6.14. The summed E-state index contributed by atoms with van der Waals surface area (Å²) in [6.07, 6.45) is 1.18. The molecule has 4 heteroatoms. The predicted octanol–water partition coefficient (Wildman–Crippen LogP) is 0.723. The Kier molecular flexibility index (Phi) is 4.79. The van der Waals surface area contributed by atoms with Crippen LogP contribution in [0.3, 0.4) is 0 Å². The van der Waals surface area contributed by atoms with Crippen LogP contribution in [0.1, 0.15) is 20.3 Å².